The molecule has 1 amide bonds. The first-order valence-electron chi connectivity index (χ1n) is 9.86. The minimum absolute atomic E-state index is 0.142. The van der Waals surface area contributed by atoms with Crippen LogP contribution in [0.5, 0.6) is 11.5 Å². The van der Waals surface area contributed by atoms with E-state index in [-0.39, 0.29) is 11.4 Å². The first-order chi connectivity index (χ1) is 15.0. The van der Waals surface area contributed by atoms with E-state index in [9.17, 15) is 13.2 Å². The summed E-state index contributed by atoms with van der Waals surface area (Å²) in [5.74, 6) is 0.593. The molecule has 31 heavy (non-hydrogen) atoms. The molecule has 0 aromatic heterocycles. The second kappa shape index (κ2) is 8.69. The molecule has 1 N–H and O–H groups in total. The van der Waals surface area contributed by atoms with Crippen LogP contribution in [-0.2, 0) is 14.8 Å². The lowest BCUT2D eigenvalue weighted by atomic mass is 10.2. The number of benzene rings is 3. The fourth-order valence-corrected chi connectivity index (χ4v) is 4.81. The van der Waals surface area contributed by atoms with Gasteiger partial charge in [-0.1, -0.05) is 30.3 Å². The lowest BCUT2D eigenvalue weighted by Crippen LogP contribution is -2.48. The van der Waals surface area contributed by atoms with Crippen molar-refractivity contribution in [3.05, 3.63) is 78.9 Å². The molecule has 1 heterocycles. The van der Waals surface area contributed by atoms with Gasteiger partial charge in [-0.2, -0.15) is 0 Å². The van der Waals surface area contributed by atoms with E-state index in [1.165, 1.54) is 16.4 Å². The Morgan fingerprint density at radius 3 is 2.42 bits per heavy atom. The normalized spacial score (nSPS) is 15.5. The van der Waals surface area contributed by atoms with Crippen LogP contribution < -0.4 is 19.1 Å². The summed E-state index contributed by atoms with van der Waals surface area (Å²) in [5, 5.41) is 2.78. The van der Waals surface area contributed by atoms with Gasteiger partial charge in [-0.05, 0) is 55.5 Å². The SMILES string of the molecule is CCOc1ccc(NC(=O)[C@@H]2CN(S(=O)(=O)c3ccccc3)c3ccccc3O2)cc1. The molecule has 7 nitrogen and oxygen atoms in total. The number of amides is 1. The third-order valence-electron chi connectivity index (χ3n) is 4.79. The minimum atomic E-state index is -3.87. The van der Waals surface area contributed by atoms with Gasteiger partial charge in [0.05, 0.1) is 23.7 Å². The Morgan fingerprint density at radius 2 is 1.71 bits per heavy atom. The molecular weight excluding hydrogens is 416 g/mol. The van der Waals surface area contributed by atoms with Gasteiger partial charge in [-0.25, -0.2) is 8.42 Å². The molecule has 0 radical (unpaired) electrons. The van der Waals surface area contributed by atoms with Gasteiger partial charge in [0, 0.05) is 5.69 Å². The van der Waals surface area contributed by atoms with Gasteiger partial charge >= 0.3 is 0 Å². The first-order valence-corrected chi connectivity index (χ1v) is 11.3. The Kier molecular flexibility index (Phi) is 5.81. The van der Waals surface area contributed by atoms with Gasteiger partial charge in [0.1, 0.15) is 11.5 Å². The Balaban J connectivity index is 1.60. The summed E-state index contributed by atoms with van der Waals surface area (Å²) in [4.78, 5) is 13.1. The molecule has 4 rings (SSSR count). The van der Waals surface area contributed by atoms with Crippen molar-refractivity contribution < 1.29 is 22.7 Å². The molecule has 3 aromatic carbocycles. The van der Waals surface area contributed by atoms with Gasteiger partial charge in [0.25, 0.3) is 15.9 Å². The molecule has 0 unspecified atom stereocenters. The van der Waals surface area contributed by atoms with Gasteiger partial charge < -0.3 is 14.8 Å². The van der Waals surface area contributed by atoms with Gasteiger partial charge in [0.15, 0.2) is 6.10 Å². The number of rotatable bonds is 6. The Labute approximate surface area is 181 Å². The van der Waals surface area contributed by atoms with E-state index in [0.29, 0.717) is 29.5 Å². The molecule has 0 bridgehead atoms. The van der Waals surface area contributed by atoms with Crippen molar-refractivity contribution in [3.63, 3.8) is 0 Å². The second-order valence-corrected chi connectivity index (χ2v) is 8.73. The maximum absolute atomic E-state index is 13.3. The van der Waals surface area contributed by atoms with E-state index in [4.69, 9.17) is 9.47 Å². The van der Waals surface area contributed by atoms with Crippen LogP contribution in [0.15, 0.2) is 83.8 Å². The number of nitrogens with one attached hydrogen (secondary N) is 1. The fourth-order valence-electron chi connectivity index (χ4n) is 3.31. The van der Waals surface area contributed by atoms with Gasteiger partial charge in [0.2, 0.25) is 0 Å². The van der Waals surface area contributed by atoms with Crippen LogP contribution in [0.25, 0.3) is 0 Å². The summed E-state index contributed by atoms with van der Waals surface area (Å²) in [6, 6.07) is 21.9. The molecule has 0 aliphatic carbocycles. The highest BCUT2D eigenvalue weighted by Gasteiger charge is 2.37. The standard InChI is InChI=1S/C23H22N2O5S/c1-2-29-18-14-12-17(13-15-18)24-23(26)22-16-25(20-10-6-7-11-21(20)30-22)31(27,28)19-8-4-3-5-9-19/h3-15,22H,2,16H2,1H3,(H,24,26)/t22-/m0/s1. The summed E-state index contributed by atoms with van der Waals surface area (Å²) in [6.45, 7) is 2.30. The highest BCUT2D eigenvalue weighted by Crippen LogP contribution is 2.37. The number of nitrogens with zero attached hydrogens (tertiary/aromatic N) is 1. The third-order valence-corrected chi connectivity index (χ3v) is 6.59. The number of ether oxygens (including phenoxy) is 2. The van der Waals surface area contributed by atoms with Crippen LogP contribution in [0.4, 0.5) is 11.4 Å². The van der Waals surface area contributed by atoms with E-state index < -0.39 is 22.0 Å². The number of anilines is 2. The van der Waals surface area contributed by atoms with Crippen LogP contribution >= 0.6 is 0 Å². The number of para-hydroxylation sites is 2. The average Bonchev–Trinajstić information content (AvgIpc) is 2.80. The van der Waals surface area contributed by atoms with E-state index >= 15 is 0 Å². The summed E-state index contributed by atoms with van der Waals surface area (Å²) in [6.07, 6.45) is -1.01. The summed E-state index contributed by atoms with van der Waals surface area (Å²) < 4.78 is 39.1. The maximum atomic E-state index is 13.3. The van der Waals surface area contributed by atoms with Crippen molar-refractivity contribution in [2.24, 2.45) is 0 Å². The van der Waals surface area contributed by atoms with Crippen molar-refractivity contribution in [2.45, 2.75) is 17.9 Å². The van der Waals surface area contributed by atoms with Crippen molar-refractivity contribution in [3.8, 4) is 11.5 Å². The molecule has 0 spiro atoms. The Morgan fingerprint density at radius 1 is 1.03 bits per heavy atom. The molecule has 1 atom stereocenters. The molecule has 0 saturated carbocycles. The van der Waals surface area contributed by atoms with E-state index in [2.05, 4.69) is 5.32 Å². The molecular formula is C23H22N2O5S. The zero-order valence-electron chi connectivity index (χ0n) is 16.9. The van der Waals surface area contributed by atoms with Gasteiger partial charge in [-0.3, -0.25) is 9.10 Å². The monoisotopic (exact) mass is 438 g/mol. The largest absolute Gasteiger partial charge is 0.494 e. The number of sulfonamides is 1. The zero-order chi connectivity index (χ0) is 21.8. The van der Waals surface area contributed by atoms with Crippen LogP contribution in [0.3, 0.4) is 0 Å². The van der Waals surface area contributed by atoms with Crippen LogP contribution in [0, 0.1) is 0 Å². The number of fused-ring (bicyclic) bond motifs is 1. The number of carbonyl (C=O) groups excluding carboxylic acids is 1. The number of hydrogen-bond acceptors (Lipinski definition) is 5. The zero-order valence-corrected chi connectivity index (χ0v) is 17.7. The molecule has 3 aromatic rings. The van der Waals surface area contributed by atoms with Crippen molar-refractivity contribution in [1.29, 1.82) is 0 Å². The molecule has 160 valence electrons. The van der Waals surface area contributed by atoms with Crippen molar-refractivity contribution in [1.82, 2.24) is 0 Å². The lowest BCUT2D eigenvalue weighted by molar-refractivity contribution is -0.122. The Hall–Kier alpha value is -3.52. The van der Waals surface area contributed by atoms with Crippen molar-refractivity contribution in [2.75, 3.05) is 22.8 Å². The van der Waals surface area contributed by atoms with E-state index in [1.54, 1.807) is 66.7 Å². The van der Waals surface area contributed by atoms with Crippen LogP contribution in [0.1, 0.15) is 6.92 Å². The molecule has 8 heteroatoms. The molecule has 1 aliphatic heterocycles. The fraction of sp³-hybridized carbons (Fsp3) is 0.174. The maximum Gasteiger partial charge on any atom is 0.267 e. The topological polar surface area (TPSA) is 84.9 Å². The van der Waals surface area contributed by atoms with E-state index in [1.807, 2.05) is 6.92 Å². The predicted octanol–water partition coefficient (Wildman–Crippen LogP) is 3.68. The lowest BCUT2D eigenvalue weighted by Gasteiger charge is -2.34. The average molecular weight is 439 g/mol. The molecule has 1 aliphatic rings. The highest BCUT2D eigenvalue weighted by atomic mass is 32.2. The van der Waals surface area contributed by atoms with Crippen LogP contribution in [-0.4, -0.2) is 33.6 Å². The summed E-state index contributed by atoms with van der Waals surface area (Å²) in [7, 11) is -3.87. The van der Waals surface area contributed by atoms with Gasteiger partial charge in [-0.15, -0.1) is 0 Å². The quantitative estimate of drug-likeness (QED) is 0.635. The highest BCUT2D eigenvalue weighted by molar-refractivity contribution is 7.92. The summed E-state index contributed by atoms with van der Waals surface area (Å²) in [5.41, 5.74) is 0.963. The van der Waals surface area contributed by atoms with Crippen LogP contribution in [0.2, 0.25) is 0 Å². The number of carbonyl (C=O) groups is 1. The number of hydrogen-bond donors (Lipinski definition) is 1. The predicted molar refractivity (Wildman–Crippen MR) is 118 cm³/mol. The molecule has 0 fully saturated rings. The summed E-state index contributed by atoms with van der Waals surface area (Å²) >= 11 is 0. The third kappa shape index (κ3) is 4.34. The van der Waals surface area contributed by atoms with E-state index in [0.717, 1.165) is 0 Å². The smallest absolute Gasteiger partial charge is 0.267 e. The second-order valence-electron chi connectivity index (χ2n) is 6.87. The minimum Gasteiger partial charge on any atom is -0.494 e. The van der Waals surface area contributed by atoms with Crippen molar-refractivity contribution >= 4 is 27.3 Å². The Bertz CT molecular complexity index is 1160. The first kappa shape index (κ1) is 20.7. The molecule has 0 saturated heterocycles.